The monoisotopic (exact) mass is 202 g/mol. The second kappa shape index (κ2) is 5.32. The molecule has 0 aliphatic carbocycles. The lowest BCUT2D eigenvalue weighted by molar-refractivity contribution is -0.206. The van der Waals surface area contributed by atoms with Crippen LogP contribution in [0.4, 0.5) is 0 Å². The molecule has 0 aromatic rings. The Morgan fingerprint density at radius 3 is 2.86 bits per heavy atom. The highest BCUT2D eigenvalue weighted by Crippen LogP contribution is 2.21. The predicted octanol–water partition coefficient (Wildman–Crippen LogP) is 1.22. The number of carbonyl (C=O) groups excluding carboxylic acids is 1. The van der Waals surface area contributed by atoms with E-state index in [1.165, 1.54) is 0 Å². The molecule has 1 saturated heterocycles. The molecule has 14 heavy (non-hydrogen) atoms. The molecule has 3 atom stereocenters. The standard InChI is InChI=1S/C10H18O4/c1-3-4-9(11)14-8-5-6-10(12)13-7(8)2/h7-8,10,12H,3-6H2,1-2H3/t7-,8+,10?/m0/s1. The Morgan fingerprint density at radius 1 is 1.57 bits per heavy atom. The zero-order valence-corrected chi connectivity index (χ0v) is 8.73. The Balaban J connectivity index is 2.33. The van der Waals surface area contributed by atoms with Crippen molar-refractivity contribution in [2.24, 2.45) is 0 Å². The first-order valence-corrected chi connectivity index (χ1v) is 5.16. The van der Waals surface area contributed by atoms with Gasteiger partial charge in [-0.1, -0.05) is 6.92 Å². The van der Waals surface area contributed by atoms with Gasteiger partial charge in [0.05, 0.1) is 6.10 Å². The first-order valence-electron chi connectivity index (χ1n) is 5.16. The molecule has 1 rings (SSSR count). The Labute approximate surface area is 84.2 Å². The summed E-state index contributed by atoms with van der Waals surface area (Å²) < 4.78 is 10.4. The third kappa shape index (κ3) is 3.27. The average Bonchev–Trinajstić information content (AvgIpc) is 2.10. The fraction of sp³-hybridized carbons (Fsp3) is 0.900. The lowest BCUT2D eigenvalue weighted by atomic mass is 10.1. The van der Waals surface area contributed by atoms with E-state index in [1.807, 2.05) is 13.8 Å². The van der Waals surface area contributed by atoms with Gasteiger partial charge < -0.3 is 14.6 Å². The van der Waals surface area contributed by atoms with Gasteiger partial charge in [0.1, 0.15) is 6.10 Å². The van der Waals surface area contributed by atoms with Crippen molar-refractivity contribution in [2.75, 3.05) is 0 Å². The zero-order chi connectivity index (χ0) is 10.6. The summed E-state index contributed by atoms with van der Waals surface area (Å²) in [5, 5.41) is 9.17. The van der Waals surface area contributed by atoms with Crippen LogP contribution >= 0.6 is 0 Å². The molecule has 1 N–H and O–H groups in total. The van der Waals surface area contributed by atoms with Crippen LogP contribution in [0.3, 0.4) is 0 Å². The van der Waals surface area contributed by atoms with Crippen LogP contribution < -0.4 is 0 Å². The van der Waals surface area contributed by atoms with Crippen LogP contribution in [0, 0.1) is 0 Å². The first kappa shape index (κ1) is 11.5. The van der Waals surface area contributed by atoms with Gasteiger partial charge in [0.2, 0.25) is 0 Å². The van der Waals surface area contributed by atoms with Crippen molar-refractivity contribution >= 4 is 5.97 Å². The quantitative estimate of drug-likeness (QED) is 0.699. The van der Waals surface area contributed by atoms with E-state index >= 15 is 0 Å². The number of ether oxygens (including phenoxy) is 2. The van der Waals surface area contributed by atoms with E-state index < -0.39 is 6.29 Å². The van der Waals surface area contributed by atoms with Crippen LogP contribution in [0.2, 0.25) is 0 Å². The minimum Gasteiger partial charge on any atom is -0.460 e. The van der Waals surface area contributed by atoms with Crippen molar-refractivity contribution in [1.82, 2.24) is 0 Å². The van der Waals surface area contributed by atoms with Crippen molar-refractivity contribution in [3.05, 3.63) is 0 Å². The maximum atomic E-state index is 11.2. The minimum absolute atomic E-state index is 0.177. The summed E-state index contributed by atoms with van der Waals surface area (Å²) in [6, 6.07) is 0. The largest absolute Gasteiger partial charge is 0.460 e. The van der Waals surface area contributed by atoms with Crippen LogP contribution in [0.25, 0.3) is 0 Å². The molecular formula is C10H18O4. The second-order valence-electron chi connectivity index (χ2n) is 3.65. The molecule has 1 aliphatic rings. The molecule has 0 amide bonds. The highest BCUT2D eigenvalue weighted by atomic mass is 16.6. The first-order chi connectivity index (χ1) is 6.63. The molecule has 1 aliphatic heterocycles. The van der Waals surface area contributed by atoms with Gasteiger partial charge in [-0.3, -0.25) is 4.79 Å². The number of hydrogen-bond acceptors (Lipinski definition) is 4. The van der Waals surface area contributed by atoms with Gasteiger partial charge in [-0.25, -0.2) is 0 Å². The number of esters is 1. The SMILES string of the molecule is CCCC(=O)O[C@@H]1CCC(O)O[C@H]1C. The maximum Gasteiger partial charge on any atom is 0.306 e. The normalized spacial score (nSPS) is 32.6. The van der Waals surface area contributed by atoms with E-state index in [-0.39, 0.29) is 18.2 Å². The average molecular weight is 202 g/mol. The number of rotatable bonds is 3. The Bertz CT molecular complexity index is 193. The van der Waals surface area contributed by atoms with Gasteiger partial charge in [0, 0.05) is 12.8 Å². The maximum absolute atomic E-state index is 11.2. The summed E-state index contributed by atoms with van der Waals surface area (Å²) in [6.07, 6.45) is 1.35. The van der Waals surface area contributed by atoms with E-state index in [0.717, 1.165) is 6.42 Å². The van der Waals surface area contributed by atoms with E-state index in [4.69, 9.17) is 9.47 Å². The minimum atomic E-state index is -0.703. The van der Waals surface area contributed by atoms with Crippen molar-refractivity contribution in [1.29, 1.82) is 0 Å². The molecule has 0 aromatic heterocycles. The zero-order valence-electron chi connectivity index (χ0n) is 8.73. The lowest BCUT2D eigenvalue weighted by Gasteiger charge is -2.31. The van der Waals surface area contributed by atoms with E-state index in [1.54, 1.807) is 0 Å². The van der Waals surface area contributed by atoms with Crippen LogP contribution in [0.1, 0.15) is 39.5 Å². The van der Waals surface area contributed by atoms with Gasteiger partial charge in [0.25, 0.3) is 0 Å². The third-order valence-electron chi connectivity index (χ3n) is 2.33. The summed E-state index contributed by atoms with van der Waals surface area (Å²) >= 11 is 0. The van der Waals surface area contributed by atoms with Crippen LogP contribution in [-0.4, -0.2) is 29.6 Å². The molecule has 0 radical (unpaired) electrons. The molecule has 0 aromatic carbocycles. The number of aliphatic hydroxyl groups is 1. The molecule has 1 unspecified atom stereocenters. The summed E-state index contributed by atoms with van der Waals surface area (Å²) in [5.74, 6) is -0.177. The number of aliphatic hydroxyl groups excluding tert-OH is 1. The lowest BCUT2D eigenvalue weighted by Crippen LogP contribution is -2.39. The molecule has 0 bridgehead atoms. The van der Waals surface area contributed by atoms with Crippen molar-refractivity contribution in [3.8, 4) is 0 Å². The highest BCUT2D eigenvalue weighted by molar-refractivity contribution is 5.69. The molecule has 1 heterocycles. The highest BCUT2D eigenvalue weighted by Gasteiger charge is 2.29. The second-order valence-corrected chi connectivity index (χ2v) is 3.65. The smallest absolute Gasteiger partial charge is 0.306 e. The van der Waals surface area contributed by atoms with Crippen LogP contribution in [0.15, 0.2) is 0 Å². The molecule has 4 nitrogen and oxygen atoms in total. The van der Waals surface area contributed by atoms with E-state index in [0.29, 0.717) is 19.3 Å². The van der Waals surface area contributed by atoms with Crippen LogP contribution in [-0.2, 0) is 14.3 Å². The predicted molar refractivity (Wildman–Crippen MR) is 50.6 cm³/mol. The van der Waals surface area contributed by atoms with Crippen LogP contribution in [0.5, 0.6) is 0 Å². The Hall–Kier alpha value is -0.610. The molecular weight excluding hydrogens is 184 g/mol. The van der Waals surface area contributed by atoms with Crippen molar-refractivity contribution < 1.29 is 19.4 Å². The Morgan fingerprint density at radius 2 is 2.29 bits per heavy atom. The van der Waals surface area contributed by atoms with Crippen molar-refractivity contribution in [3.63, 3.8) is 0 Å². The molecule has 0 saturated carbocycles. The summed E-state index contributed by atoms with van der Waals surface area (Å²) in [6.45, 7) is 3.75. The topological polar surface area (TPSA) is 55.8 Å². The fourth-order valence-corrected chi connectivity index (χ4v) is 1.53. The third-order valence-corrected chi connectivity index (χ3v) is 2.33. The molecule has 0 spiro atoms. The summed E-state index contributed by atoms with van der Waals surface area (Å²) in [5.41, 5.74) is 0. The fourth-order valence-electron chi connectivity index (χ4n) is 1.53. The number of hydrogen-bond donors (Lipinski definition) is 1. The molecule has 82 valence electrons. The molecule has 1 fully saturated rings. The van der Waals surface area contributed by atoms with E-state index in [9.17, 15) is 9.90 Å². The van der Waals surface area contributed by atoms with Gasteiger partial charge >= 0.3 is 5.97 Å². The Kier molecular flexibility index (Phi) is 4.35. The van der Waals surface area contributed by atoms with Gasteiger partial charge in [0.15, 0.2) is 6.29 Å². The van der Waals surface area contributed by atoms with Gasteiger partial charge in [-0.2, -0.15) is 0 Å². The summed E-state index contributed by atoms with van der Waals surface area (Å²) in [4.78, 5) is 11.2. The van der Waals surface area contributed by atoms with Gasteiger partial charge in [-0.15, -0.1) is 0 Å². The van der Waals surface area contributed by atoms with E-state index in [2.05, 4.69) is 0 Å². The van der Waals surface area contributed by atoms with Gasteiger partial charge in [-0.05, 0) is 19.8 Å². The summed E-state index contributed by atoms with van der Waals surface area (Å²) in [7, 11) is 0. The van der Waals surface area contributed by atoms with Crippen molar-refractivity contribution in [2.45, 2.75) is 58.0 Å². The number of carbonyl (C=O) groups is 1. The molecule has 4 heteroatoms.